The van der Waals surface area contributed by atoms with Crippen LogP contribution in [0.15, 0.2) is 97.1 Å². The van der Waals surface area contributed by atoms with Crippen molar-refractivity contribution in [3.63, 3.8) is 0 Å². The Morgan fingerprint density at radius 2 is 1.26 bits per heavy atom. The lowest BCUT2D eigenvalue weighted by atomic mass is 9.96. The molecule has 0 aliphatic rings. The van der Waals surface area contributed by atoms with Gasteiger partial charge in [-0.2, -0.15) is 0 Å². The lowest BCUT2D eigenvalue weighted by Gasteiger charge is -2.08. The van der Waals surface area contributed by atoms with Gasteiger partial charge < -0.3 is 0 Å². The molecule has 4 aromatic carbocycles. The third-order valence-corrected chi connectivity index (χ3v) is 6.09. The number of hydrogen-bond donors (Lipinski definition) is 1. The number of fused-ring (bicyclic) bond motifs is 3. The second-order valence-corrected chi connectivity index (χ2v) is 7.68. The summed E-state index contributed by atoms with van der Waals surface area (Å²) in [6.45, 7) is 0. The first-order valence-electron chi connectivity index (χ1n) is 8.96. The highest BCUT2D eigenvalue weighted by atomic mass is 32.1. The smallest absolute Gasteiger partial charge is 0.0691 e. The number of rotatable bonds is 3. The number of thiophene rings is 1. The Bertz CT molecular complexity index is 1260. The van der Waals surface area contributed by atoms with Gasteiger partial charge >= 0.3 is 0 Å². The van der Waals surface area contributed by atoms with Crippen molar-refractivity contribution >= 4 is 37.2 Å². The fraction of sp³-hybridized carbons (Fsp3) is 0. The molecule has 0 atom stereocenters. The number of nitrogens with one attached hydrogen (secondary N) is 1. The Balaban J connectivity index is 1.60. The minimum atomic E-state index is 0.573. The standard InChI is InChI=1S/C25H17NS/c26-25(19-15-13-18(14-16-19)17-7-2-1-3-8-17)21-10-6-12-23-24(21)20-9-4-5-11-22(20)27-23/h1-16,26H. The molecule has 0 saturated heterocycles. The maximum absolute atomic E-state index is 8.85. The fourth-order valence-electron chi connectivity index (χ4n) is 3.60. The molecule has 1 nitrogen and oxygen atoms in total. The van der Waals surface area contributed by atoms with E-state index in [9.17, 15) is 0 Å². The minimum Gasteiger partial charge on any atom is -0.300 e. The van der Waals surface area contributed by atoms with Crippen molar-refractivity contribution in [2.75, 3.05) is 0 Å². The molecule has 0 unspecified atom stereocenters. The summed E-state index contributed by atoms with van der Waals surface area (Å²) >= 11 is 1.79. The van der Waals surface area contributed by atoms with Gasteiger partial charge in [0.15, 0.2) is 0 Å². The third kappa shape index (κ3) is 2.75. The Hall–Kier alpha value is -3.23. The maximum Gasteiger partial charge on any atom is 0.0691 e. The van der Waals surface area contributed by atoms with E-state index >= 15 is 0 Å². The summed E-state index contributed by atoms with van der Waals surface area (Å²) in [4.78, 5) is 0. The highest BCUT2D eigenvalue weighted by molar-refractivity contribution is 7.25. The van der Waals surface area contributed by atoms with Gasteiger partial charge in [-0.3, -0.25) is 5.41 Å². The molecule has 0 saturated carbocycles. The first-order chi connectivity index (χ1) is 13.3. The molecular weight excluding hydrogens is 346 g/mol. The molecule has 5 aromatic rings. The molecule has 0 aliphatic heterocycles. The lowest BCUT2D eigenvalue weighted by molar-refractivity contribution is 1.47. The summed E-state index contributed by atoms with van der Waals surface area (Å²) in [5, 5.41) is 11.3. The van der Waals surface area contributed by atoms with Gasteiger partial charge in [-0.05, 0) is 23.3 Å². The average molecular weight is 363 g/mol. The second kappa shape index (κ2) is 6.49. The molecular formula is C25H17NS. The summed E-state index contributed by atoms with van der Waals surface area (Å²) in [5.41, 5.74) is 4.88. The Morgan fingerprint density at radius 3 is 2.07 bits per heavy atom. The Labute approximate surface area is 162 Å². The molecule has 5 rings (SSSR count). The molecule has 27 heavy (non-hydrogen) atoms. The van der Waals surface area contributed by atoms with E-state index in [1.165, 1.54) is 31.3 Å². The van der Waals surface area contributed by atoms with Gasteiger partial charge in [0.05, 0.1) is 5.71 Å². The SMILES string of the molecule is N=C(c1ccc(-c2ccccc2)cc1)c1cccc2sc3ccccc3c12. The summed E-state index contributed by atoms with van der Waals surface area (Å²) in [7, 11) is 0. The van der Waals surface area contributed by atoms with Crippen molar-refractivity contribution < 1.29 is 0 Å². The van der Waals surface area contributed by atoms with Crippen LogP contribution in [0.4, 0.5) is 0 Å². The molecule has 0 radical (unpaired) electrons. The number of hydrogen-bond acceptors (Lipinski definition) is 2. The molecule has 0 spiro atoms. The third-order valence-electron chi connectivity index (χ3n) is 4.95. The van der Waals surface area contributed by atoms with Crippen molar-refractivity contribution in [2.45, 2.75) is 0 Å². The highest BCUT2D eigenvalue weighted by Gasteiger charge is 2.13. The van der Waals surface area contributed by atoms with E-state index in [1.807, 2.05) is 18.2 Å². The van der Waals surface area contributed by atoms with Crippen LogP contribution in [-0.4, -0.2) is 5.71 Å². The summed E-state index contributed by atoms with van der Waals surface area (Å²) in [6.07, 6.45) is 0. The van der Waals surface area contributed by atoms with E-state index in [1.54, 1.807) is 11.3 Å². The molecule has 1 heterocycles. The molecule has 1 aromatic heterocycles. The topological polar surface area (TPSA) is 23.9 Å². The van der Waals surface area contributed by atoms with Crippen molar-refractivity contribution in [3.05, 3.63) is 108 Å². The van der Waals surface area contributed by atoms with E-state index in [-0.39, 0.29) is 0 Å². The molecule has 0 fully saturated rings. The van der Waals surface area contributed by atoms with Crippen molar-refractivity contribution in [2.24, 2.45) is 0 Å². The maximum atomic E-state index is 8.85. The summed E-state index contributed by atoms with van der Waals surface area (Å²) < 4.78 is 2.51. The van der Waals surface area contributed by atoms with Gasteiger partial charge in [0.25, 0.3) is 0 Å². The predicted octanol–water partition coefficient (Wildman–Crippen LogP) is 7.14. The van der Waals surface area contributed by atoms with Crippen LogP contribution in [0.1, 0.15) is 11.1 Å². The van der Waals surface area contributed by atoms with Gasteiger partial charge in [0.2, 0.25) is 0 Å². The zero-order valence-corrected chi connectivity index (χ0v) is 15.5. The van der Waals surface area contributed by atoms with Gasteiger partial charge in [0, 0.05) is 31.3 Å². The highest BCUT2D eigenvalue weighted by Crippen LogP contribution is 2.36. The van der Waals surface area contributed by atoms with E-state index in [2.05, 4.69) is 78.9 Å². The van der Waals surface area contributed by atoms with Crippen LogP contribution in [0.2, 0.25) is 0 Å². The quantitative estimate of drug-likeness (QED) is 0.329. The van der Waals surface area contributed by atoms with Crippen LogP contribution in [0.3, 0.4) is 0 Å². The van der Waals surface area contributed by atoms with Crippen LogP contribution in [-0.2, 0) is 0 Å². The monoisotopic (exact) mass is 363 g/mol. The molecule has 0 aliphatic carbocycles. The zero-order valence-electron chi connectivity index (χ0n) is 14.6. The zero-order chi connectivity index (χ0) is 18.2. The van der Waals surface area contributed by atoms with Gasteiger partial charge in [0.1, 0.15) is 0 Å². The van der Waals surface area contributed by atoms with Gasteiger partial charge in [-0.25, -0.2) is 0 Å². The van der Waals surface area contributed by atoms with Crippen molar-refractivity contribution in [3.8, 4) is 11.1 Å². The van der Waals surface area contributed by atoms with Crippen LogP contribution >= 0.6 is 11.3 Å². The van der Waals surface area contributed by atoms with Crippen LogP contribution in [0.25, 0.3) is 31.3 Å². The lowest BCUT2D eigenvalue weighted by Crippen LogP contribution is -2.01. The Kier molecular flexibility index (Phi) is 3.84. The second-order valence-electron chi connectivity index (χ2n) is 6.60. The molecule has 128 valence electrons. The fourth-order valence-corrected chi connectivity index (χ4v) is 4.73. The van der Waals surface area contributed by atoms with E-state index < -0.39 is 0 Å². The molecule has 0 bridgehead atoms. The molecule has 2 heteroatoms. The van der Waals surface area contributed by atoms with Crippen LogP contribution < -0.4 is 0 Å². The molecule has 1 N–H and O–H groups in total. The first kappa shape index (κ1) is 16.0. The van der Waals surface area contributed by atoms with Gasteiger partial charge in [-0.1, -0.05) is 84.9 Å². The van der Waals surface area contributed by atoms with E-state index in [4.69, 9.17) is 5.41 Å². The minimum absolute atomic E-state index is 0.573. The largest absolute Gasteiger partial charge is 0.300 e. The van der Waals surface area contributed by atoms with E-state index in [0.717, 1.165) is 11.1 Å². The van der Waals surface area contributed by atoms with Crippen LogP contribution in [0, 0.1) is 5.41 Å². The predicted molar refractivity (Wildman–Crippen MR) is 117 cm³/mol. The van der Waals surface area contributed by atoms with Gasteiger partial charge in [-0.15, -0.1) is 11.3 Å². The summed E-state index contributed by atoms with van der Waals surface area (Å²) in [5.74, 6) is 0. The van der Waals surface area contributed by atoms with Crippen molar-refractivity contribution in [1.29, 1.82) is 5.41 Å². The van der Waals surface area contributed by atoms with Crippen LogP contribution in [0.5, 0.6) is 0 Å². The van der Waals surface area contributed by atoms with E-state index in [0.29, 0.717) is 5.71 Å². The molecule has 0 amide bonds. The Morgan fingerprint density at radius 1 is 0.593 bits per heavy atom. The number of benzene rings is 4. The normalized spacial score (nSPS) is 11.1. The van der Waals surface area contributed by atoms with Crippen molar-refractivity contribution in [1.82, 2.24) is 0 Å². The summed E-state index contributed by atoms with van der Waals surface area (Å²) in [6, 6.07) is 33.4. The first-order valence-corrected chi connectivity index (χ1v) is 9.78. The average Bonchev–Trinajstić information content (AvgIpc) is 3.13.